The lowest BCUT2D eigenvalue weighted by Gasteiger charge is -2.08. The highest BCUT2D eigenvalue weighted by Gasteiger charge is 2.13. The third kappa shape index (κ3) is 3.38. The van der Waals surface area contributed by atoms with Crippen molar-refractivity contribution in [2.24, 2.45) is 0 Å². The fraction of sp³-hybridized carbons (Fsp3) is 0.136. The van der Waals surface area contributed by atoms with E-state index in [-0.39, 0.29) is 12.1 Å². The maximum absolute atomic E-state index is 12.6. The SMILES string of the molecule is CCn1c(=O)[nH]c2cc(C(=O)Oc3ccc4ccc(OC)cc4c3)ccc2c1=O. The van der Waals surface area contributed by atoms with E-state index in [1.54, 1.807) is 26.2 Å². The Hall–Kier alpha value is -3.87. The number of fused-ring (bicyclic) bond motifs is 2. The Bertz CT molecular complexity index is 1370. The van der Waals surface area contributed by atoms with Crippen molar-refractivity contribution in [3.63, 3.8) is 0 Å². The lowest BCUT2D eigenvalue weighted by molar-refractivity contribution is 0.0735. The highest BCUT2D eigenvalue weighted by Crippen LogP contribution is 2.25. The summed E-state index contributed by atoms with van der Waals surface area (Å²) >= 11 is 0. The quantitative estimate of drug-likeness (QED) is 0.427. The molecule has 0 aliphatic heterocycles. The second-order valence-electron chi connectivity index (χ2n) is 6.50. The van der Waals surface area contributed by atoms with Crippen LogP contribution in [0.4, 0.5) is 0 Å². The van der Waals surface area contributed by atoms with Gasteiger partial charge in [-0.25, -0.2) is 9.59 Å². The van der Waals surface area contributed by atoms with E-state index in [0.29, 0.717) is 22.4 Å². The van der Waals surface area contributed by atoms with Gasteiger partial charge in [0.15, 0.2) is 0 Å². The number of nitrogens with zero attached hydrogens (tertiary/aromatic N) is 1. The van der Waals surface area contributed by atoms with E-state index in [0.717, 1.165) is 15.3 Å². The lowest BCUT2D eigenvalue weighted by atomic mass is 10.1. The molecule has 0 bridgehead atoms. The van der Waals surface area contributed by atoms with Crippen molar-refractivity contribution in [1.29, 1.82) is 0 Å². The lowest BCUT2D eigenvalue weighted by Crippen LogP contribution is -2.34. The van der Waals surface area contributed by atoms with Crippen LogP contribution in [0.2, 0.25) is 0 Å². The van der Waals surface area contributed by atoms with Gasteiger partial charge in [0.25, 0.3) is 5.56 Å². The molecule has 4 aromatic rings. The van der Waals surface area contributed by atoms with Crippen molar-refractivity contribution in [2.75, 3.05) is 7.11 Å². The second kappa shape index (κ2) is 7.27. The predicted molar refractivity (Wildman–Crippen MR) is 110 cm³/mol. The first-order valence-corrected chi connectivity index (χ1v) is 9.07. The molecule has 7 nitrogen and oxygen atoms in total. The number of rotatable bonds is 4. The van der Waals surface area contributed by atoms with Gasteiger partial charge in [0.05, 0.1) is 23.6 Å². The Morgan fingerprint density at radius 3 is 2.41 bits per heavy atom. The van der Waals surface area contributed by atoms with Crippen molar-refractivity contribution in [1.82, 2.24) is 9.55 Å². The molecule has 0 aliphatic rings. The van der Waals surface area contributed by atoms with Gasteiger partial charge < -0.3 is 14.5 Å². The molecular weight excluding hydrogens is 372 g/mol. The first-order valence-electron chi connectivity index (χ1n) is 9.07. The summed E-state index contributed by atoms with van der Waals surface area (Å²) < 4.78 is 11.8. The third-order valence-electron chi connectivity index (χ3n) is 4.76. The summed E-state index contributed by atoms with van der Waals surface area (Å²) in [5.41, 5.74) is -0.386. The van der Waals surface area contributed by atoms with E-state index >= 15 is 0 Å². The molecule has 1 aromatic heterocycles. The molecule has 0 fully saturated rings. The Kier molecular flexibility index (Phi) is 4.64. The number of methoxy groups -OCH3 is 1. The molecule has 146 valence electrons. The first-order chi connectivity index (χ1) is 14.0. The molecule has 0 saturated carbocycles. The maximum Gasteiger partial charge on any atom is 0.343 e. The highest BCUT2D eigenvalue weighted by molar-refractivity contribution is 5.95. The smallest absolute Gasteiger partial charge is 0.343 e. The van der Waals surface area contributed by atoms with Crippen molar-refractivity contribution >= 4 is 27.6 Å². The number of carbonyl (C=O) groups excluding carboxylic acids is 1. The standard InChI is InChI=1S/C22H18N2O5/c1-3-24-20(25)18-9-6-14(12-19(18)23-22(24)27)21(26)29-17-8-5-13-4-7-16(28-2)10-15(13)11-17/h4-12H,3H2,1-2H3,(H,23,27). The van der Waals surface area contributed by atoms with Gasteiger partial charge in [0.1, 0.15) is 11.5 Å². The zero-order valence-electron chi connectivity index (χ0n) is 15.9. The molecule has 3 aromatic carbocycles. The Labute approximate surface area is 165 Å². The molecule has 4 rings (SSSR count). The van der Waals surface area contributed by atoms with Crippen LogP contribution in [-0.4, -0.2) is 22.6 Å². The van der Waals surface area contributed by atoms with E-state index in [9.17, 15) is 14.4 Å². The average Bonchev–Trinajstić information content (AvgIpc) is 2.73. The first kappa shape index (κ1) is 18.5. The number of ether oxygens (including phenoxy) is 2. The number of aromatic nitrogens is 2. The second-order valence-corrected chi connectivity index (χ2v) is 6.50. The topological polar surface area (TPSA) is 90.4 Å². The van der Waals surface area contributed by atoms with Gasteiger partial charge >= 0.3 is 11.7 Å². The monoisotopic (exact) mass is 390 g/mol. The molecule has 0 unspecified atom stereocenters. The minimum Gasteiger partial charge on any atom is -0.497 e. The van der Waals surface area contributed by atoms with Crippen LogP contribution in [0.25, 0.3) is 21.7 Å². The molecule has 1 N–H and O–H groups in total. The van der Waals surface area contributed by atoms with Crippen LogP contribution in [-0.2, 0) is 6.54 Å². The number of carbonyl (C=O) groups is 1. The van der Waals surface area contributed by atoms with Crippen LogP contribution in [0.3, 0.4) is 0 Å². The van der Waals surface area contributed by atoms with Crippen LogP contribution in [0, 0.1) is 0 Å². The number of hydrogen-bond acceptors (Lipinski definition) is 5. The maximum atomic E-state index is 12.6. The molecule has 0 spiro atoms. The molecule has 0 atom stereocenters. The van der Waals surface area contributed by atoms with Crippen LogP contribution in [0.1, 0.15) is 17.3 Å². The summed E-state index contributed by atoms with van der Waals surface area (Å²) in [6, 6.07) is 15.4. The number of nitrogens with one attached hydrogen (secondary N) is 1. The summed E-state index contributed by atoms with van der Waals surface area (Å²) in [5.74, 6) is 0.498. The van der Waals surface area contributed by atoms with Crippen LogP contribution < -0.4 is 20.7 Å². The van der Waals surface area contributed by atoms with Crippen LogP contribution in [0.15, 0.2) is 64.2 Å². The van der Waals surface area contributed by atoms with Crippen LogP contribution in [0.5, 0.6) is 11.5 Å². The van der Waals surface area contributed by atoms with Crippen molar-refractivity contribution < 1.29 is 14.3 Å². The Morgan fingerprint density at radius 1 is 0.966 bits per heavy atom. The van der Waals surface area contributed by atoms with Gasteiger partial charge in [0.2, 0.25) is 0 Å². The number of benzene rings is 3. The highest BCUT2D eigenvalue weighted by atomic mass is 16.5. The van der Waals surface area contributed by atoms with Crippen molar-refractivity contribution in [3.8, 4) is 11.5 Å². The minimum atomic E-state index is -0.588. The molecule has 0 amide bonds. The summed E-state index contributed by atoms with van der Waals surface area (Å²) in [4.78, 5) is 39.6. The van der Waals surface area contributed by atoms with Gasteiger partial charge in [-0.1, -0.05) is 12.1 Å². The number of hydrogen-bond donors (Lipinski definition) is 1. The zero-order valence-corrected chi connectivity index (χ0v) is 15.9. The van der Waals surface area contributed by atoms with E-state index in [2.05, 4.69) is 4.98 Å². The molecule has 1 heterocycles. The molecule has 0 radical (unpaired) electrons. The number of esters is 1. The minimum absolute atomic E-state index is 0.229. The van der Waals surface area contributed by atoms with Gasteiger partial charge in [-0.2, -0.15) is 0 Å². The fourth-order valence-corrected chi connectivity index (χ4v) is 3.23. The molecule has 29 heavy (non-hydrogen) atoms. The van der Waals surface area contributed by atoms with E-state index < -0.39 is 17.2 Å². The van der Waals surface area contributed by atoms with Crippen molar-refractivity contribution in [2.45, 2.75) is 13.5 Å². The third-order valence-corrected chi connectivity index (χ3v) is 4.76. The predicted octanol–water partition coefficient (Wildman–Crippen LogP) is 3.09. The van der Waals surface area contributed by atoms with E-state index in [1.807, 2.05) is 24.3 Å². The summed E-state index contributed by atoms with van der Waals surface area (Å²) in [6.07, 6.45) is 0. The molecule has 0 aliphatic carbocycles. The van der Waals surface area contributed by atoms with Gasteiger partial charge in [-0.3, -0.25) is 9.36 Å². The number of H-pyrrole nitrogens is 1. The fourth-order valence-electron chi connectivity index (χ4n) is 3.23. The average molecular weight is 390 g/mol. The number of aromatic amines is 1. The Balaban J connectivity index is 1.67. The molecular formula is C22H18N2O5. The van der Waals surface area contributed by atoms with Gasteiger partial charge in [-0.15, -0.1) is 0 Å². The van der Waals surface area contributed by atoms with E-state index in [4.69, 9.17) is 9.47 Å². The normalized spacial score (nSPS) is 11.0. The van der Waals surface area contributed by atoms with Gasteiger partial charge in [-0.05, 0) is 60.2 Å². The summed E-state index contributed by atoms with van der Waals surface area (Å²) in [5, 5.41) is 2.19. The molecule has 0 saturated heterocycles. The Morgan fingerprint density at radius 2 is 1.69 bits per heavy atom. The van der Waals surface area contributed by atoms with E-state index in [1.165, 1.54) is 18.2 Å². The summed E-state index contributed by atoms with van der Waals surface area (Å²) in [6.45, 7) is 1.98. The largest absolute Gasteiger partial charge is 0.497 e. The van der Waals surface area contributed by atoms with Crippen LogP contribution >= 0.6 is 0 Å². The van der Waals surface area contributed by atoms with Gasteiger partial charge in [0, 0.05) is 6.54 Å². The summed E-state index contributed by atoms with van der Waals surface area (Å²) in [7, 11) is 1.59. The molecule has 7 heteroatoms. The zero-order chi connectivity index (χ0) is 20.5. The van der Waals surface area contributed by atoms with Crippen molar-refractivity contribution in [3.05, 3.63) is 81.0 Å².